The highest BCUT2D eigenvalue weighted by Crippen LogP contribution is 2.25. The van der Waals surface area contributed by atoms with Gasteiger partial charge in [-0.1, -0.05) is 30.3 Å². The highest BCUT2D eigenvalue weighted by atomic mass is 32.2. The number of rotatable bonds is 6. The molecule has 0 aromatic heterocycles. The van der Waals surface area contributed by atoms with Crippen LogP contribution in [-0.2, 0) is 10.0 Å². The molecule has 3 N–H and O–H groups in total. The Morgan fingerprint density at radius 2 is 1.54 bits per heavy atom. The predicted octanol–water partition coefficient (Wildman–Crippen LogP) is 3.79. The van der Waals surface area contributed by atoms with Gasteiger partial charge in [0.25, 0.3) is 10.0 Å². The second-order valence-corrected chi connectivity index (χ2v) is 7.62. The minimum Gasteiger partial charge on any atom is -0.504 e. The highest BCUT2D eigenvalue weighted by molar-refractivity contribution is 7.92. The van der Waals surface area contributed by atoms with Crippen LogP contribution in [0.4, 0.5) is 5.69 Å². The third-order valence-corrected chi connectivity index (χ3v) is 5.30. The molecule has 3 rings (SSSR count). The summed E-state index contributed by atoms with van der Waals surface area (Å²) in [6.45, 7) is 0. The van der Waals surface area contributed by atoms with Gasteiger partial charge >= 0.3 is 0 Å². The van der Waals surface area contributed by atoms with Crippen LogP contribution in [0.2, 0.25) is 0 Å². The Hall–Kier alpha value is -3.58. The summed E-state index contributed by atoms with van der Waals surface area (Å²) in [5.41, 5.74) is 1.27. The van der Waals surface area contributed by atoms with Gasteiger partial charge in [0.15, 0.2) is 17.3 Å². The first kappa shape index (κ1) is 19.2. The Morgan fingerprint density at radius 1 is 0.857 bits per heavy atom. The molecule has 0 fully saturated rings. The van der Waals surface area contributed by atoms with Crippen LogP contribution in [0.3, 0.4) is 0 Å². The van der Waals surface area contributed by atoms with Gasteiger partial charge in [-0.25, -0.2) is 8.42 Å². The van der Waals surface area contributed by atoms with Crippen LogP contribution >= 0.6 is 0 Å². The van der Waals surface area contributed by atoms with Gasteiger partial charge in [0.2, 0.25) is 0 Å². The summed E-state index contributed by atoms with van der Waals surface area (Å²) in [5.74, 6) is -0.799. The SMILES string of the molecule is O=C(C=Cc1ccc(O)c(O)c1)c1ccc(NS(=O)(=O)c2ccccc2)cc1. The summed E-state index contributed by atoms with van der Waals surface area (Å²) in [5, 5.41) is 18.8. The summed E-state index contributed by atoms with van der Waals surface area (Å²) in [7, 11) is -3.69. The Bertz CT molecular complexity index is 1120. The molecule has 0 saturated heterocycles. The zero-order valence-electron chi connectivity index (χ0n) is 14.6. The Labute approximate surface area is 162 Å². The first-order valence-corrected chi connectivity index (χ1v) is 9.76. The van der Waals surface area contributed by atoms with Crippen molar-refractivity contribution in [1.82, 2.24) is 0 Å². The van der Waals surface area contributed by atoms with E-state index in [0.29, 0.717) is 16.8 Å². The molecule has 0 aliphatic rings. The maximum Gasteiger partial charge on any atom is 0.261 e. The monoisotopic (exact) mass is 395 g/mol. The van der Waals surface area contributed by atoms with E-state index in [1.54, 1.807) is 24.3 Å². The normalized spacial score (nSPS) is 11.4. The third kappa shape index (κ3) is 4.57. The number of sulfonamides is 1. The number of allylic oxidation sites excluding steroid dienone is 1. The van der Waals surface area contributed by atoms with E-state index >= 15 is 0 Å². The quantitative estimate of drug-likeness (QED) is 0.335. The number of hydrogen-bond acceptors (Lipinski definition) is 5. The zero-order chi connectivity index (χ0) is 20.1. The first-order valence-electron chi connectivity index (χ1n) is 8.27. The van der Waals surface area contributed by atoms with Gasteiger partial charge in [-0.15, -0.1) is 0 Å². The maximum absolute atomic E-state index is 12.3. The molecule has 3 aromatic rings. The molecule has 0 aliphatic heterocycles. The molecule has 0 spiro atoms. The number of anilines is 1. The number of ketones is 1. The molecule has 0 radical (unpaired) electrons. The smallest absolute Gasteiger partial charge is 0.261 e. The van der Waals surface area contributed by atoms with Crippen molar-refractivity contribution >= 4 is 27.6 Å². The van der Waals surface area contributed by atoms with Crippen LogP contribution in [0.5, 0.6) is 11.5 Å². The van der Waals surface area contributed by atoms with Crippen molar-refractivity contribution in [1.29, 1.82) is 0 Å². The lowest BCUT2D eigenvalue weighted by Crippen LogP contribution is -2.12. The van der Waals surface area contributed by atoms with Gasteiger partial charge in [0.05, 0.1) is 4.90 Å². The van der Waals surface area contributed by atoms with E-state index in [-0.39, 0.29) is 22.2 Å². The van der Waals surface area contributed by atoms with Gasteiger partial charge in [0.1, 0.15) is 0 Å². The molecule has 0 unspecified atom stereocenters. The molecular weight excluding hydrogens is 378 g/mol. The molecule has 0 atom stereocenters. The number of carbonyl (C=O) groups excluding carboxylic acids is 1. The lowest BCUT2D eigenvalue weighted by atomic mass is 10.1. The fourth-order valence-electron chi connectivity index (χ4n) is 2.43. The van der Waals surface area contributed by atoms with E-state index in [0.717, 1.165) is 0 Å². The van der Waals surface area contributed by atoms with Gasteiger partial charge in [-0.05, 0) is 60.2 Å². The summed E-state index contributed by atoms with van der Waals surface area (Å²) in [6, 6.07) is 18.3. The molecule has 0 amide bonds. The zero-order valence-corrected chi connectivity index (χ0v) is 15.4. The Balaban J connectivity index is 1.70. The standard InChI is InChI=1S/C21H17NO5S/c23-19(12-6-15-7-13-20(24)21(25)14-15)16-8-10-17(11-9-16)22-28(26,27)18-4-2-1-3-5-18/h1-14,22,24-25H. The molecule has 6 nitrogen and oxygen atoms in total. The summed E-state index contributed by atoms with van der Waals surface area (Å²) >= 11 is 0. The van der Waals surface area contributed by atoms with E-state index in [4.69, 9.17) is 0 Å². The number of phenolic OH excluding ortho intramolecular Hbond substituents is 2. The number of hydrogen-bond donors (Lipinski definition) is 3. The lowest BCUT2D eigenvalue weighted by Gasteiger charge is -2.08. The van der Waals surface area contributed by atoms with E-state index in [2.05, 4.69) is 4.72 Å². The van der Waals surface area contributed by atoms with Crippen molar-refractivity contribution in [3.8, 4) is 11.5 Å². The Morgan fingerprint density at radius 3 is 2.18 bits per heavy atom. The van der Waals surface area contributed by atoms with E-state index in [1.807, 2.05) is 0 Å². The maximum atomic E-state index is 12.3. The third-order valence-electron chi connectivity index (χ3n) is 3.90. The number of carbonyl (C=O) groups is 1. The second-order valence-electron chi connectivity index (χ2n) is 5.94. The van der Waals surface area contributed by atoms with Crippen molar-refractivity contribution in [3.63, 3.8) is 0 Å². The fraction of sp³-hybridized carbons (Fsp3) is 0. The van der Waals surface area contributed by atoms with Gasteiger partial charge in [0, 0.05) is 11.3 Å². The largest absolute Gasteiger partial charge is 0.504 e. The molecular formula is C21H17NO5S. The van der Waals surface area contributed by atoms with Crippen LogP contribution in [0, 0.1) is 0 Å². The van der Waals surface area contributed by atoms with Crippen LogP contribution in [0.15, 0.2) is 83.8 Å². The lowest BCUT2D eigenvalue weighted by molar-refractivity contribution is 0.104. The number of aromatic hydroxyl groups is 2. The summed E-state index contributed by atoms with van der Waals surface area (Å²) < 4.78 is 27.1. The molecule has 3 aromatic carbocycles. The highest BCUT2D eigenvalue weighted by Gasteiger charge is 2.13. The van der Waals surface area contributed by atoms with Crippen molar-refractivity contribution in [2.45, 2.75) is 4.90 Å². The molecule has 0 saturated carbocycles. The fourth-order valence-corrected chi connectivity index (χ4v) is 3.51. The van der Waals surface area contributed by atoms with Crippen LogP contribution in [0.25, 0.3) is 6.08 Å². The molecule has 28 heavy (non-hydrogen) atoms. The van der Waals surface area contributed by atoms with Crippen molar-refractivity contribution < 1.29 is 23.4 Å². The van der Waals surface area contributed by atoms with Crippen LogP contribution < -0.4 is 4.72 Å². The second kappa shape index (κ2) is 7.98. The van der Waals surface area contributed by atoms with E-state index in [9.17, 15) is 23.4 Å². The van der Waals surface area contributed by atoms with Gasteiger partial charge < -0.3 is 10.2 Å². The molecule has 0 bridgehead atoms. The van der Waals surface area contributed by atoms with Crippen molar-refractivity contribution in [2.24, 2.45) is 0 Å². The summed E-state index contributed by atoms with van der Waals surface area (Å²) in [4.78, 5) is 12.4. The topological polar surface area (TPSA) is 104 Å². The first-order chi connectivity index (χ1) is 13.3. The van der Waals surface area contributed by atoms with Crippen LogP contribution in [0.1, 0.15) is 15.9 Å². The summed E-state index contributed by atoms with van der Waals surface area (Å²) in [6.07, 6.45) is 2.84. The van der Waals surface area contributed by atoms with Crippen LogP contribution in [-0.4, -0.2) is 24.4 Å². The molecule has 7 heteroatoms. The number of nitrogens with one attached hydrogen (secondary N) is 1. The average Bonchev–Trinajstić information content (AvgIpc) is 2.69. The number of benzene rings is 3. The molecule has 142 valence electrons. The molecule has 0 aliphatic carbocycles. The minimum absolute atomic E-state index is 0.148. The Kier molecular flexibility index (Phi) is 5.47. The molecule has 0 heterocycles. The predicted molar refractivity (Wildman–Crippen MR) is 107 cm³/mol. The minimum atomic E-state index is -3.69. The van der Waals surface area contributed by atoms with E-state index < -0.39 is 10.0 Å². The average molecular weight is 395 g/mol. The number of phenols is 2. The van der Waals surface area contributed by atoms with E-state index in [1.165, 1.54) is 60.7 Å². The van der Waals surface area contributed by atoms with Gasteiger partial charge in [-0.3, -0.25) is 9.52 Å². The van der Waals surface area contributed by atoms with Gasteiger partial charge in [-0.2, -0.15) is 0 Å². The van der Waals surface area contributed by atoms with Crippen molar-refractivity contribution in [2.75, 3.05) is 4.72 Å². The van der Waals surface area contributed by atoms with Crippen molar-refractivity contribution in [3.05, 3.63) is 90.0 Å².